The molecule has 1 atom stereocenters. The van der Waals surface area contributed by atoms with Crippen molar-refractivity contribution in [3.8, 4) is 0 Å². The van der Waals surface area contributed by atoms with Gasteiger partial charge in [-0.1, -0.05) is 25.1 Å². The normalized spacial score (nSPS) is 19.9. The van der Waals surface area contributed by atoms with Crippen LogP contribution in [-0.4, -0.2) is 36.4 Å². The second kappa shape index (κ2) is 8.81. The minimum atomic E-state index is -0.486. The minimum absolute atomic E-state index is 0.0880. The van der Waals surface area contributed by atoms with E-state index in [0.29, 0.717) is 6.54 Å². The zero-order valence-corrected chi connectivity index (χ0v) is 17.2. The quantitative estimate of drug-likeness (QED) is 0.823. The summed E-state index contributed by atoms with van der Waals surface area (Å²) in [4.78, 5) is 33.0. The van der Waals surface area contributed by atoms with E-state index in [4.69, 9.17) is 0 Å². The largest absolute Gasteiger partial charge is 0.357 e. The number of hydrogen-bond acceptors (Lipinski definition) is 4. The third-order valence-corrected chi connectivity index (χ3v) is 6.02. The van der Waals surface area contributed by atoms with Gasteiger partial charge in [0.15, 0.2) is 0 Å². The Morgan fingerprint density at radius 2 is 1.97 bits per heavy atom. The van der Waals surface area contributed by atoms with Crippen LogP contribution in [0.25, 0.3) is 0 Å². The number of nitrogens with one attached hydrogen (secondary N) is 1. The molecule has 2 aliphatic heterocycles. The van der Waals surface area contributed by atoms with Crippen LogP contribution in [0, 0.1) is 17.7 Å². The number of amides is 2. The van der Waals surface area contributed by atoms with E-state index in [1.807, 2.05) is 12.1 Å². The molecule has 7 heteroatoms. The molecule has 158 valence electrons. The lowest BCUT2D eigenvalue weighted by Gasteiger charge is -2.31. The number of aromatic nitrogens is 1. The van der Waals surface area contributed by atoms with Gasteiger partial charge in [-0.3, -0.25) is 9.59 Å². The van der Waals surface area contributed by atoms with Gasteiger partial charge in [0.1, 0.15) is 11.6 Å². The van der Waals surface area contributed by atoms with E-state index < -0.39 is 11.7 Å². The SMILES string of the molecule is CC1CCN(c2ccc(CNC(=O)C3CC(=O)N(c4ccccc4F)C3)cn2)CC1. The highest BCUT2D eigenvalue weighted by atomic mass is 19.1. The van der Waals surface area contributed by atoms with Crippen LogP contribution in [0.2, 0.25) is 0 Å². The van der Waals surface area contributed by atoms with Crippen molar-refractivity contribution in [2.45, 2.75) is 32.7 Å². The lowest BCUT2D eigenvalue weighted by molar-refractivity contribution is -0.126. The van der Waals surface area contributed by atoms with Gasteiger partial charge in [0.2, 0.25) is 11.8 Å². The highest BCUT2D eigenvalue weighted by Gasteiger charge is 2.36. The molecule has 0 radical (unpaired) electrons. The van der Waals surface area contributed by atoms with Crippen LogP contribution in [-0.2, 0) is 16.1 Å². The molecule has 0 bridgehead atoms. The number of para-hydroxylation sites is 1. The Bertz CT molecular complexity index is 910. The van der Waals surface area contributed by atoms with Crippen LogP contribution in [0.1, 0.15) is 31.7 Å². The number of carbonyl (C=O) groups excluding carboxylic acids is 2. The molecule has 3 heterocycles. The van der Waals surface area contributed by atoms with Crippen LogP contribution in [0.5, 0.6) is 0 Å². The Labute approximate surface area is 176 Å². The predicted octanol–water partition coefficient (Wildman–Crippen LogP) is 3.13. The Hall–Kier alpha value is -2.96. The third kappa shape index (κ3) is 4.45. The zero-order valence-electron chi connectivity index (χ0n) is 17.2. The highest BCUT2D eigenvalue weighted by molar-refractivity contribution is 6.00. The van der Waals surface area contributed by atoms with Gasteiger partial charge in [-0.25, -0.2) is 9.37 Å². The van der Waals surface area contributed by atoms with Crippen LogP contribution in [0.4, 0.5) is 15.9 Å². The molecule has 6 nitrogen and oxygen atoms in total. The molecule has 2 amide bonds. The van der Waals surface area contributed by atoms with Crippen LogP contribution >= 0.6 is 0 Å². The molecule has 2 saturated heterocycles. The summed E-state index contributed by atoms with van der Waals surface area (Å²) >= 11 is 0. The monoisotopic (exact) mass is 410 g/mol. The molecule has 1 aromatic heterocycles. The fourth-order valence-corrected chi connectivity index (χ4v) is 4.07. The smallest absolute Gasteiger partial charge is 0.227 e. The summed E-state index contributed by atoms with van der Waals surface area (Å²) in [6.45, 7) is 4.88. The molecule has 1 aromatic carbocycles. The average molecular weight is 410 g/mol. The second-order valence-electron chi connectivity index (χ2n) is 8.27. The predicted molar refractivity (Wildman–Crippen MR) is 114 cm³/mol. The highest BCUT2D eigenvalue weighted by Crippen LogP contribution is 2.27. The second-order valence-corrected chi connectivity index (χ2v) is 8.27. The molecule has 4 rings (SSSR count). The van der Waals surface area contributed by atoms with Crippen molar-refractivity contribution in [3.05, 3.63) is 54.0 Å². The third-order valence-electron chi connectivity index (χ3n) is 6.02. The molecule has 30 heavy (non-hydrogen) atoms. The van der Waals surface area contributed by atoms with E-state index in [0.717, 1.165) is 30.4 Å². The number of rotatable bonds is 5. The lowest BCUT2D eigenvalue weighted by Crippen LogP contribution is -2.33. The van der Waals surface area contributed by atoms with Crippen LogP contribution in [0.3, 0.4) is 0 Å². The molecular weight excluding hydrogens is 383 g/mol. The summed E-state index contributed by atoms with van der Waals surface area (Å²) in [6.07, 6.45) is 4.25. The molecule has 0 saturated carbocycles. The minimum Gasteiger partial charge on any atom is -0.357 e. The van der Waals surface area contributed by atoms with Gasteiger partial charge in [-0.15, -0.1) is 0 Å². The average Bonchev–Trinajstić information content (AvgIpc) is 3.15. The van der Waals surface area contributed by atoms with E-state index in [1.54, 1.807) is 24.4 Å². The Morgan fingerprint density at radius 3 is 2.67 bits per heavy atom. The van der Waals surface area contributed by atoms with Crippen molar-refractivity contribution in [2.24, 2.45) is 11.8 Å². The van der Waals surface area contributed by atoms with E-state index in [9.17, 15) is 14.0 Å². The van der Waals surface area contributed by atoms with E-state index in [1.165, 1.54) is 23.8 Å². The van der Waals surface area contributed by atoms with Crippen molar-refractivity contribution in [2.75, 3.05) is 29.4 Å². The molecule has 2 aliphatic rings. The van der Waals surface area contributed by atoms with Gasteiger partial charge in [0.05, 0.1) is 11.6 Å². The van der Waals surface area contributed by atoms with Crippen molar-refractivity contribution >= 4 is 23.3 Å². The van der Waals surface area contributed by atoms with Crippen molar-refractivity contribution in [1.82, 2.24) is 10.3 Å². The summed E-state index contributed by atoms with van der Waals surface area (Å²) < 4.78 is 14.0. The summed E-state index contributed by atoms with van der Waals surface area (Å²) in [7, 11) is 0. The molecule has 2 aromatic rings. The van der Waals surface area contributed by atoms with Gasteiger partial charge in [0, 0.05) is 38.8 Å². The molecule has 1 N–H and O–H groups in total. The summed E-state index contributed by atoms with van der Waals surface area (Å²) in [5, 5.41) is 2.89. The Morgan fingerprint density at radius 1 is 1.20 bits per heavy atom. The van der Waals surface area contributed by atoms with Gasteiger partial charge in [-0.05, 0) is 42.5 Å². The number of carbonyl (C=O) groups is 2. The number of benzene rings is 1. The first-order valence-electron chi connectivity index (χ1n) is 10.5. The lowest BCUT2D eigenvalue weighted by atomic mass is 9.99. The van der Waals surface area contributed by atoms with E-state index in [-0.39, 0.29) is 30.5 Å². The number of hydrogen-bond donors (Lipinski definition) is 1. The Kier molecular flexibility index (Phi) is 5.97. The summed E-state index contributed by atoms with van der Waals surface area (Å²) in [6, 6.07) is 10.1. The van der Waals surface area contributed by atoms with Crippen molar-refractivity contribution in [3.63, 3.8) is 0 Å². The molecule has 1 unspecified atom stereocenters. The molecule has 0 aliphatic carbocycles. The summed E-state index contributed by atoms with van der Waals surface area (Å²) in [5.74, 6) is 0.366. The first-order valence-corrected chi connectivity index (χ1v) is 10.5. The molecular formula is C23H27FN4O2. The van der Waals surface area contributed by atoms with E-state index in [2.05, 4.69) is 22.1 Å². The number of halogens is 1. The number of piperidine rings is 1. The van der Waals surface area contributed by atoms with Crippen molar-refractivity contribution in [1.29, 1.82) is 0 Å². The first-order chi connectivity index (χ1) is 14.5. The van der Waals surface area contributed by atoms with Gasteiger partial charge in [0.25, 0.3) is 0 Å². The maximum atomic E-state index is 14.0. The number of anilines is 2. The first kappa shape index (κ1) is 20.3. The zero-order chi connectivity index (χ0) is 21.1. The van der Waals surface area contributed by atoms with Crippen LogP contribution < -0.4 is 15.1 Å². The van der Waals surface area contributed by atoms with Crippen LogP contribution in [0.15, 0.2) is 42.6 Å². The number of pyridine rings is 1. The van der Waals surface area contributed by atoms with Gasteiger partial charge in [-0.2, -0.15) is 0 Å². The van der Waals surface area contributed by atoms with Gasteiger partial charge >= 0.3 is 0 Å². The van der Waals surface area contributed by atoms with E-state index >= 15 is 0 Å². The topological polar surface area (TPSA) is 65.5 Å². The van der Waals surface area contributed by atoms with Crippen molar-refractivity contribution < 1.29 is 14.0 Å². The molecule has 2 fully saturated rings. The maximum Gasteiger partial charge on any atom is 0.227 e. The Balaban J connectivity index is 1.30. The standard InChI is InChI=1S/C23H27FN4O2/c1-16-8-10-27(11-9-16)21-7-6-17(13-25-21)14-26-23(30)18-12-22(29)28(15-18)20-5-3-2-4-19(20)24/h2-7,13,16,18H,8-12,14-15H2,1H3,(H,26,30). The number of nitrogens with zero attached hydrogens (tertiary/aromatic N) is 3. The fraction of sp³-hybridized carbons (Fsp3) is 0.435. The molecule has 0 spiro atoms. The fourth-order valence-electron chi connectivity index (χ4n) is 4.07. The van der Waals surface area contributed by atoms with Gasteiger partial charge < -0.3 is 15.1 Å². The summed E-state index contributed by atoms with van der Waals surface area (Å²) in [5.41, 5.74) is 1.14. The maximum absolute atomic E-state index is 14.0.